The van der Waals surface area contributed by atoms with Crippen molar-refractivity contribution in [2.45, 2.75) is 19.6 Å². The Morgan fingerprint density at radius 3 is 2.70 bits per heavy atom. The molecule has 1 aliphatic rings. The molecule has 2 aromatic carbocycles. The Labute approximate surface area is 162 Å². The van der Waals surface area contributed by atoms with Crippen LogP contribution in [-0.4, -0.2) is 44.7 Å². The molecule has 0 saturated carbocycles. The number of likely N-dealkylation sites (tertiary alicyclic amines) is 1. The molecule has 0 bridgehead atoms. The maximum absolute atomic E-state index is 5.92. The van der Waals surface area contributed by atoms with Crippen molar-refractivity contribution in [3.8, 4) is 5.75 Å². The van der Waals surface area contributed by atoms with Gasteiger partial charge >= 0.3 is 0 Å². The molecule has 1 heterocycles. The first-order valence-corrected chi connectivity index (χ1v) is 9.49. The largest absolute Gasteiger partial charge is 0.496 e. The van der Waals surface area contributed by atoms with Crippen LogP contribution in [0.25, 0.3) is 0 Å². The van der Waals surface area contributed by atoms with E-state index in [0.29, 0.717) is 19.1 Å². The lowest BCUT2D eigenvalue weighted by Gasteiger charge is -2.22. The van der Waals surface area contributed by atoms with Crippen LogP contribution in [0.4, 0.5) is 0 Å². The predicted molar refractivity (Wildman–Crippen MR) is 109 cm³/mol. The molecule has 1 fully saturated rings. The zero-order chi connectivity index (χ0) is 18.9. The SMILES string of the molecule is CN=C(NCc1ccccc1OC)N1CCC(COCc2ccccc2)C1. The van der Waals surface area contributed by atoms with Crippen molar-refractivity contribution in [3.05, 3.63) is 65.7 Å². The van der Waals surface area contributed by atoms with Crippen molar-refractivity contribution in [2.75, 3.05) is 33.9 Å². The van der Waals surface area contributed by atoms with Crippen LogP contribution in [0.1, 0.15) is 17.5 Å². The van der Waals surface area contributed by atoms with E-state index in [2.05, 4.69) is 33.4 Å². The normalized spacial score (nSPS) is 17.2. The molecular formula is C22H29N3O2. The van der Waals surface area contributed by atoms with Gasteiger partial charge in [0.25, 0.3) is 0 Å². The zero-order valence-electron chi connectivity index (χ0n) is 16.2. The summed E-state index contributed by atoms with van der Waals surface area (Å²) < 4.78 is 11.3. The lowest BCUT2D eigenvalue weighted by Crippen LogP contribution is -2.39. The Bertz CT molecular complexity index is 733. The molecule has 5 nitrogen and oxygen atoms in total. The second-order valence-electron chi connectivity index (χ2n) is 6.81. The van der Waals surface area contributed by atoms with Crippen LogP contribution in [0.3, 0.4) is 0 Å². The highest BCUT2D eigenvalue weighted by Crippen LogP contribution is 2.19. The maximum Gasteiger partial charge on any atom is 0.193 e. The van der Waals surface area contributed by atoms with E-state index in [4.69, 9.17) is 9.47 Å². The number of nitrogens with zero attached hydrogens (tertiary/aromatic N) is 2. The van der Waals surface area contributed by atoms with Crippen LogP contribution in [0.15, 0.2) is 59.6 Å². The molecular weight excluding hydrogens is 338 g/mol. The number of guanidine groups is 1. The average molecular weight is 367 g/mol. The Kier molecular flexibility index (Phi) is 7.11. The minimum atomic E-state index is 0.540. The van der Waals surface area contributed by atoms with E-state index >= 15 is 0 Å². The molecule has 2 aromatic rings. The van der Waals surface area contributed by atoms with E-state index in [1.165, 1.54) is 5.56 Å². The molecule has 0 spiro atoms. The monoisotopic (exact) mass is 367 g/mol. The molecule has 0 aromatic heterocycles. The van der Waals surface area contributed by atoms with Crippen molar-refractivity contribution in [3.63, 3.8) is 0 Å². The van der Waals surface area contributed by atoms with E-state index in [1.807, 2.05) is 43.4 Å². The van der Waals surface area contributed by atoms with Crippen LogP contribution in [0.2, 0.25) is 0 Å². The summed E-state index contributed by atoms with van der Waals surface area (Å²) in [6.45, 7) is 4.14. The minimum absolute atomic E-state index is 0.540. The summed E-state index contributed by atoms with van der Waals surface area (Å²) >= 11 is 0. The highest BCUT2D eigenvalue weighted by molar-refractivity contribution is 5.80. The van der Waals surface area contributed by atoms with Crippen molar-refractivity contribution >= 4 is 5.96 Å². The van der Waals surface area contributed by atoms with Gasteiger partial charge in [0.2, 0.25) is 0 Å². The molecule has 0 amide bonds. The van der Waals surface area contributed by atoms with Gasteiger partial charge < -0.3 is 19.7 Å². The molecule has 0 radical (unpaired) electrons. The summed E-state index contributed by atoms with van der Waals surface area (Å²) in [5.41, 5.74) is 2.35. The van der Waals surface area contributed by atoms with Crippen molar-refractivity contribution in [1.82, 2.24) is 10.2 Å². The fourth-order valence-corrected chi connectivity index (χ4v) is 3.43. The molecule has 144 valence electrons. The van der Waals surface area contributed by atoms with Gasteiger partial charge in [0.15, 0.2) is 5.96 Å². The van der Waals surface area contributed by atoms with Gasteiger partial charge in [-0.05, 0) is 18.1 Å². The van der Waals surface area contributed by atoms with E-state index in [-0.39, 0.29) is 0 Å². The maximum atomic E-state index is 5.92. The standard InChI is InChI=1S/C22H29N3O2/c1-23-22(24-14-20-10-6-7-11-21(20)26-2)25-13-12-19(15-25)17-27-16-18-8-4-3-5-9-18/h3-11,19H,12-17H2,1-2H3,(H,23,24). The average Bonchev–Trinajstić information content (AvgIpc) is 3.18. The summed E-state index contributed by atoms with van der Waals surface area (Å²) in [5.74, 6) is 2.37. The topological polar surface area (TPSA) is 46.1 Å². The quantitative estimate of drug-likeness (QED) is 0.602. The van der Waals surface area contributed by atoms with E-state index < -0.39 is 0 Å². The summed E-state index contributed by atoms with van der Waals surface area (Å²) in [4.78, 5) is 6.76. The predicted octanol–water partition coefficient (Wildman–Crippen LogP) is 3.31. The summed E-state index contributed by atoms with van der Waals surface area (Å²) in [6.07, 6.45) is 1.13. The number of aliphatic imine (C=N–C) groups is 1. The van der Waals surface area contributed by atoms with Gasteiger partial charge in [-0.3, -0.25) is 4.99 Å². The lowest BCUT2D eigenvalue weighted by atomic mass is 10.1. The van der Waals surface area contributed by atoms with Crippen LogP contribution < -0.4 is 10.1 Å². The first kappa shape index (κ1) is 19.2. The highest BCUT2D eigenvalue weighted by Gasteiger charge is 2.25. The van der Waals surface area contributed by atoms with Gasteiger partial charge in [0.1, 0.15) is 5.75 Å². The molecule has 1 aliphatic heterocycles. The first-order chi connectivity index (χ1) is 13.3. The molecule has 1 atom stereocenters. The molecule has 5 heteroatoms. The van der Waals surface area contributed by atoms with Gasteiger partial charge in [-0.1, -0.05) is 48.5 Å². The smallest absolute Gasteiger partial charge is 0.193 e. The zero-order valence-corrected chi connectivity index (χ0v) is 16.2. The van der Waals surface area contributed by atoms with Crippen molar-refractivity contribution in [1.29, 1.82) is 0 Å². The number of hydrogen-bond donors (Lipinski definition) is 1. The number of para-hydroxylation sites is 1. The Morgan fingerprint density at radius 1 is 1.15 bits per heavy atom. The van der Waals surface area contributed by atoms with E-state index in [1.54, 1.807) is 7.11 Å². The summed E-state index contributed by atoms with van der Waals surface area (Å²) in [5, 5.41) is 3.46. The van der Waals surface area contributed by atoms with Crippen LogP contribution in [0.5, 0.6) is 5.75 Å². The molecule has 0 aliphatic carbocycles. The molecule has 1 saturated heterocycles. The van der Waals surface area contributed by atoms with E-state index in [0.717, 1.165) is 43.4 Å². The molecule has 1 unspecified atom stereocenters. The van der Waals surface area contributed by atoms with Gasteiger partial charge in [-0.2, -0.15) is 0 Å². The number of benzene rings is 2. The number of hydrogen-bond acceptors (Lipinski definition) is 3. The third-order valence-corrected chi connectivity index (χ3v) is 4.89. The fourth-order valence-electron chi connectivity index (χ4n) is 3.43. The third kappa shape index (κ3) is 5.47. The Balaban J connectivity index is 1.45. The van der Waals surface area contributed by atoms with Gasteiger partial charge in [0, 0.05) is 38.2 Å². The molecule has 27 heavy (non-hydrogen) atoms. The Hall–Kier alpha value is -2.53. The van der Waals surface area contributed by atoms with E-state index in [9.17, 15) is 0 Å². The minimum Gasteiger partial charge on any atom is -0.496 e. The summed E-state index contributed by atoms with van der Waals surface area (Å²) in [6, 6.07) is 18.4. The van der Waals surface area contributed by atoms with Crippen LogP contribution in [-0.2, 0) is 17.9 Å². The number of methoxy groups -OCH3 is 1. The fraction of sp³-hybridized carbons (Fsp3) is 0.409. The van der Waals surface area contributed by atoms with Crippen LogP contribution >= 0.6 is 0 Å². The summed E-state index contributed by atoms with van der Waals surface area (Å²) in [7, 11) is 3.54. The highest BCUT2D eigenvalue weighted by atomic mass is 16.5. The number of ether oxygens (including phenoxy) is 2. The van der Waals surface area contributed by atoms with Gasteiger partial charge in [-0.15, -0.1) is 0 Å². The third-order valence-electron chi connectivity index (χ3n) is 4.89. The number of rotatable bonds is 7. The van der Waals surface area contributed by atoms with Gasteiger partial charge in [-0.25, -0.2) is 0 Å². The molecule has 3 rings (SSSR count). The second-order valence-corrected chi connectivity index (χ2v) is 6.81. The first-order valence-electron chi connectivity index (χ1n) is 9.49. The Morgan fingerprint density at radius 2 is 1.93 bits per heavy atom. The molecule has 1 N–H and O–H groups in total. The van der Waals surface area contributed by atoms with Crippen molar-refractivity contribution in [2.24, 2.45) is 10.9 Å². The van der Waals surface area contributed by atoms with Crippen LogP contribution in [0, 0.1) is 5.92 Å². The second kappa shape index (κ2) is 9.97. The number of nitrogens with one attached hydrogen (secondary N) is 1. The lowest BCUT2D eigenvalue weighted by molar-refractivity contribution is 0.0906. The van der Waals surface area contributed by atoms with Gasteiger partial charge in [0.05, 0.1) is 20.3 Å². The van der Waals surface area contributed by atoms with Crippen molar-refractivity contribution < 1.29 is 9.47 Å².